The first-order valence-corrected chi connectivity index (χ1v) is 30.7. The summed E-state index contributed by atoms with van der Waals surface area (Å²) in [6, 6.07) is 69.5. The second kappa shape index (κ2) is 46.6. The van der Waals surface area contributed by atoms with E-state index in [4.69, 9.17) is 100 Å². The minimum atomic E-state index is -1.61. The number of alkyl halides is 4. The standard InChI is InChI=1S/C26H26S4.C12H14.2C7H6S2.C6H5.C4H8O.CCl4.CS2.BrH.Mg/c1-25(2,29-23(27)19-12-7-5-8-13-19)21-16-11-17-22(18-21)26(3,4)30-24(28)20-14-9-6-10-15-20;1-9(2)11-6-5-7-12(8-11)10(3)4;2*8-7(9)6-4-2-1-3-5-6;1-2-4-6-5-3-1;1-2-4-5-3-1;2-1(3,4)5;2-1-3;;/h5-18H,1-4H3;5-8H,1,3H2,2,4H3;2*1-5H,(H,8,9);1-5H;1-4H2;;;1H;/q;;;;-1;;;;;+2/p-1. The van der Waals surface area contributed by atoms with Gasteiger partial charge in [0.2, 0.25) is 0 Å². The Balaban J connectivity index is 0. The number of allylic oxidation sites excluding steroid dienone is 2. The van der Waals surface area contributed by atoms with Crippen molar-refractivity contribution in [2.75, 3.05) is 13.2 Å². The van der Waals surface area contributed by atoms with Gasteiger partial charge in [-0.3, -0.25) is 0 Å². The molecular formula is C64H65BrCl4MgOS10. The third-order valence-electron chi connectivity index (χ3n) is 10.3. The predicted molar refractivity (Wildman–Crippen MR) is 391 cm³/mol. The molecule has 0 bridgehead atoms. The summed E-state index contributed by atoms with van der Waals surface area (Å²) in [7, 11) is 0. The van der Waals surface area contributed by atoms with E-state index < -0.39 is 3.25 Å². The van der Waals surface area contributed by atoms with Crippen molar-refractivity contribution in [1.82, 2.24) is 0 Å². The molecule has 7 aromatic carbocycles. The summed E-state index contributed by atoms with van der Waals surface area (Å²) in [4.78, 5) is 0. The van der Waals surface area contributed by atoms with E-state index in [0.717, 1.165) is 55.0 Å². The molecule has 1 fully saturated rings. The molecule has 0 radical (unpaired) electrons. The molecule has 1 nitrogen and oxygen atoms in total. The second-order valence-electron chi connectivity index (χ2n) is 17.5. The summed E-state index contributed by atoms with van der Waals surface area (Å²) in [5, 5.41) is 0. The summed E-state index contributed by atoms with van der Waals surface area (Å²) in [6.45, 7) is 22.8. The molecule has 8 rings (SSSR count). The van der Waals surface area contributed by atoms with Crippen molar-refractivity contribution in [1.29, 1.82) is 0 Å². The Labute approximate surface area is 582 Å². The summed E-state index contributed by atoms with van der Waals surface area (Å²) in [5.41, 5.74) is 11.3. The first kappa shape index (κ1) is 81.4. The molecule has 0 unspecified atom stereocenters. The number of halogens is 5. The van der Waals surface area contributed by atoms with Crippen molar-refractivity contribution >= 4 is 224 Å². The number of rotatable bonds is 10. The minimum Gasteiger partial charge on any atom is -1.00 e. The zero-order chi connectivity index (χ0) is 59.3. The maximum absolute atomic E-state index is 5.73. The molecule has 1 heterocycles. The molecular weight excluding hydrogens is 1350 g/mol. The van der Waals surface area contributed by atoms with Crippen LogP contribution in [0.3, 0.4) is 0 Å². The zero-order valence-corrected chi connectivity index (χ0v) is 60.3. The molecule has 424 valence electrons. The van der Waals surface area contributed by atoms with Gasteiger partial charge in [0.15, 0.2) is 0 Å². The smallest absolute Gasteiger partial charge is 1.00 e. The van der Waals surface area contributed by atoms with E-state index in [0.29, 0.717) is 8.39 Å². The topological polar surface area (TPSA) is 9.23 Å². The average molecular weight is 1420 g/mol. The van der Waals surface area contributed by atoms with E-state index in [2.05, 4.69) is 163 Å². The predicted octanol–water partition coefficient (Wildman–Crippen LogP) is 19.2. The second-order valence-corrected chi connectivity index (χ2v) is 28.5. The number of benzene rings is 7. The maximum atomic E-state index is 5.73. The van der Waals surface area contributed by atoms with Gasteiger partial charge in [-0.25, -0.2) is 0 Å². The SMILES string of the molecule is C1CCOC1.C=C(C)c1cccc(C(=C)C)c1.CC(C)(SC(=S)c1ccccc1)c1cccc(C(C)(C)SC(=S)c2ccccc2)c1.ClC(Cl)(Cl)Cl.S=C(S)c1ccccc1.S=C(S)c1ccccc1.S=C=S.[Br-].[Mg+2].[c-]1ccccc1. The number of hydrogen-bond acceptors (Lipinski definition) is 9. The van der Waals surface area contributed by atoms with E-state index in [-0.39, 0.29) is 49.5 Å². The van der Waals surface area contributed by atoms with Crippen molar-refractivity contribution in [2.45, 2.75) is 67.1 Å². The molecule has 1 aliphatic heterocycles. The van der Waals surface area contributed by atoms with E-state index in [9.17, 15) is 0 Å². The fourth-order valence-electron chi connectivity index (χ4n) is 6.18. The molecule has 1 aliphatic rings. The molecule has 0 amide bonds. The fourth-order valence-corrected chi connectivity index (χ4v) is 10.2. The quantitative estimate of drug-likeness (QED) is 0.0452. The molecule has 1 saturated heterocycles. The molecule has 7 aromatic rings. The van der Waals surface area contributed by atoms with Gasteiger partial charge >= 0.3 is 23.1 Å². The van der Waals surface area contributed by atoms with Gasteiger partial charge in [0, 0.05) is 27.0 Å². The molecule has 0 aliphatic carbocycles. The van der Waals surface area contributed by atoms with Crippen LogP contribution in [0.2, 0.25) is 0 Å². The van der Waals surface area contributed by atoms with Crippen molar-refractivity contribution in [3.05, 3.63) is 264 Å². The van der Waals surface area contributed by atoms with Crippen LogP contribution in [-0.2, 0) is 14.2 Å². The van der Waals surface area contributed by atoms with E-state index in [1.165, 1.54) is 35.1 Å². The number of thiocarbonyl (C=S) groups is 6. The van der Waals surface area contributed by atoms with Crippen LogP contribution in [0.1, 0.15) is 98.9 Å². The van der Waals surface area contributed by atoms with Crippen LogP contribution in [0.25, 0.3) is 11.1 Å². The van der Waals surface area contributed by atoms with Gasteiger partial charge in [-0.2, -0.15) is 36.4 Å². The number of hydrogen-bond donors (Lipinski definition) is 2. The van der Waals surface area contributed by atoms with E-state index in [1.807, 2.05) is 152 Å². The van der Waals surface area contributed by atoms with Crippen LogP contribution < -0.4 is 17.0 Å². The van der Waals surface area contributed by atoms with Gasteiger partial charge in [-0.05, 0) is 129 Å². The van der Waals surface area contributed by atoms with E-state index in [1.54, 1.807) is 23.5 Å². The van der Waals surface area contributed by atoms with Crippen LogP contribution in [0.4, 0.5) is 0 Å². The minimum absolute atomic E-state index is 0. The van der Waals surface area contributed by atoms with Crippen LogP contribution in [0.15, 0.2) is 213 Å². The number of thiol groups is 2. The Kier molecular flexibility index (Phi) is 46.8. The van der Waals surface area contributed by atoms with Gasteiger partial charge in [0.05, 0.1) is 16.8 Å². The molecule has 0 atom stereocenters. The van der Waals surface area contributed by atoms with Crippen LogP contribution in [0.5, 0.6) is 0 Å². The Hall–Kier alpha value is -1.63. The van der Waals surface area contributed by atoms with Crippen molar-refractivity contribution in [3.63, 3.8) is 0 Å². The summed E-state index contributed by atoms with van der Waals surface area (Å²) >= 11 is 59.8. The van der Waals surface area contributed by atoms with Gasteiger partial charge < -0.3 is 21.7 Å². The molecule has 81 heavy (non-hydrogen) atoms. The first-order chi connectivity index (χ1) is 37.3. The van der Waals surface area contributed by atoms with Gasteiger partial charge in [-0.15, -0.1) is 48.8 Å². The molecule has 17 heteroatoms. The fraction of sp³-hybridized carbons (Fsp3) is 0.203. The molecule has 0 N–H and O–H groups in total. The van der Waals surface area contributed by atoms with Gasteiger partial charge in [0.1, 0.15) is 0 Å². The van der Waals surface area contributed by atoms with Crippen molar-refractivity contribution < 1.29 is 21.7 Å². The third kappa shape index (κ3) is 39.6. The maximum Gasteiger partial charge on any atom is 2.00 e. The molecule has 0 spiro atoms. The van der Waals surface area contributed by atoms with Gasteiger partial charge in [-0.1, -0.05) is 283 Å². The molecule has 0 aromatic heterocycles. The van der Waals surface area contributed by atoms with Crippen LogP contribution in [-0.4, -0.2) is 60.6 Å². The third-order valence-corrected chi connectivity index (χ3v) is 14.6. The molecule has 0 saturated carbocycles. The summed E-state index contributed by atoms with van der Waals surface area (Å²) in [5.74, 6) is 0. The largest absolute Gasteiger partial charge is 2.00 e. The Morgan fingerprint density at radius 3 is 0.988 bits per heavy atom. The van der Waals surface area contributed by atoms with Gasteiger partial charge in [0.25, 0.3) is 3.25 Å². The van der Waals surface area contributed by atoms with Crippen molar-refractivity contribution in [2.24, 2.45) is 0 Å². The Bertz CT molecular complexity index is 2740. The Morgan fingerprint density at radius 2 is 0.765 bits per heavy atom. The monoisotopic (exact) mass is 1410 g/mol. The van der Waals surface area contributed by atoms with Crippen molar-refractivity contribution in [3.8, 4) is 0 Å². The summed E-state index contributed by atoms with van der Waals surface area (Å²) in [6.07, 6.45) is 2.56. The average Bonchev–Trinajstić information content (AvgIpc) is 4.04. The van der Waals surface area contributed by atoms with Crippen LogP contribution >= 0.6 is 168 Å². The Morgan fingerprint density at radius 1 is 0.494 bits per heavy atom. The first-order valence-electron chi connectivity index (χ1n) is 24.2. The normalized spacial score (nSPS) is 10.7. The zero-order valence-electron chi connectivity index (χ0n) is 46.0. The number of thioether (sulfide) groups is 2. The van der Waals surface area contributed by atoms with E-state index >= 15 is 0 Å². The summed E-state index contributed by atoms with van der Waals surface area (Å²) < 4.78 is 8.12. The number of ether oxygens (including phenoxy) is 1. The van der Waals surface area contributed by atoms with Crippen LogP contribution in [0, 0.1) is 6.07 Å².